The third-order valence-electron chi connectivity index (χ3n) is 11.3. The molecule has 1 aliphatic carbocycles. The minimum absolute atomic E-state index is 0.0727. The summed E-state index contributed by atoms with van der Waals surface area (Å²) in [6.45, 7) is 17.4. The number of nitrogens with zero attached hydrogens (tertiary/aromatic N) is 2. The van der Waals surface area contributed by atoms with Gasteiger partial charge in [0.2, 0.25) is 5.69 Å². The fourth-order valence-electron chi connectivity index (χ4n) is 7.88. The number of rotatable bonds is 4. The van der Waals surface area contributed by atoms with Crippen LogP contribution < -0.4 is 4.73 Å². The summed E-state index contributed by atoms with van der Waals surface area (Å²) in [5, 5.41) is 24.7. The molecule has 1 aromatic carbocycles. The van der Waals surface area contributed by atoms with Crippen LogP contribution in [0.4, 0.5) is 13.2 Å². The predicted octanol–water partition coefficient (Wildman–Crippen LogP) is 8.27. The van der Waals surface area contributed by atoms with Crippen LogP contribution >= 0.6 is 0 Å². The molecule has 4 heterocycles. The summed E-state index contributed by atoms with van der Waals surface area (Å²) in [4.78, 5) is 0. The molecular formula is C36H47F3N2O5Si. The number of hydrogen-bond donors (Lipinski definition) is 0. The molecule has 0 amide bonds. The molecule has 11 heteroatoms. The van der Waals surface area contributed by atoms with E-state index in [0.29, 0.717) is 75.5 Å². The van der Waals surface area contributed by atoms with Gasteiger partial charge in [0.15, 0.2) is 14.0 Å². The zero-order valence-electron chi connectivity index (χ0n) is 28.6. The Morgan fingerprint density at radius 2 is 1.66 bits per heavy atom. The van der Waals surface area contributed by atoms with E-state index in [1.165, 1.54) is 12.1 Å². The van der Waals surface area contributed by atoms with Crippen molar-refractivity contribution in [3.8, 4) is 6.07 Å². The molecule has 0 radical (unpaired) electrons. The number of aromatic nitrogens is 1. The number of pyridine rings is 1. The standard InChI is InChI=1S/C36H47F3N2O5Si/c1-33(2,3)47(6,7)46-27-20-34(4,5)19-26-28(27)30-29(31(41(26)42)22-10-14-43-15-11-22)32(45-35(30)12-16-44-17-13-35)23-8-9-25(36(37,38)39)24(18-23)21-40/h8-9,18,22,27,32H,10-17,19-20H2,1-7H3. The van der Waals surface area contributed by atoms with Crippen molar-refractivity contribution in [1.29, 1.82) is 5.26 Å². The van der Waals surface area contributed by atoms with Crippen molar-refractivity contribution < 1.29 is 36.5 Å². The molecule has 2 atom stereocenters. The van der Waals surface area contributed by atoms with Crippen molar-refractivity contribution >= 4 is 8.32 Å². The Morgan fingerprint density at radius 3 is 2.26 bits per heavy atom. The van der Waals surface area contributed by atoms with Gasteiger partial charge in [0.05, 0.1) is 40.0 Å². The number of benzene rings is 1. The number of ether oxygens (including phenoxy) is 3. The quantitative estimate of drug-likeness (QED) is 0.185. The van der Waals surface area contributed by atoms with E-state index in [2.05, 4.69) is 47.7 Å². The second-order valence-corrected chi connectivity index (χ2v) is 20.9. The lowest BCUT2D eigenvalue weighted by Gasteiger charge is -2.45. The van der Waals surface area contributed by atoms with Crippen LogP contribution in [-0.2, 0) is 36.8 Å². The fraction of sp³-hybridized carbons (Fsp3) is 0.667. The molecule has 6 rings (SSSR count). The molecule has 47 heavy (non-hydrogen) atoms. The zero-order valence-corrected chi connectivity index (χ0v) is 29.6. The largest absolute Gasteiger partial charge is 0.618 e. The Bertz CT molecular complexity index is 1580. The van der Waals surface area contributed by atoms with E-state index in [-0.39, 0.29) is 22.5 Å². The molecule has 0 saturated carbocycles. The molecule has 1 spiro atoms. The molecule has 3 aliphatic heterocycles. The lowest BCUT2D eigenvalue weighted by atomic mass is 9.69. The highest BCUT2D eigenvalue weighted by Crippen LogP contribution is 2.59. The summed E-state index contributed by atoms with van der Waals surface area (Å²) < 4.78 is 68.7. The van der Waals surface area contributed by atoms with Crippen molar-refractivity contribution in [2.75, 3.05) is 26.4 Å². The van der Waals surface area contributed by atoms with Crippen LogP contribution in [0.3, 0.4) is 0 Å². The Morgan fingerprint density at radius 1 is 1.02 bits per heavy atom. The monoisotopic (exact) mass is 672 g/mol. The Kier molecular flexibility index (Phi) is 8.65. The van der Waals surface area contributed by atoms with E-state index in [1.54, 1.807) is 6.07 Å². The van der Waals surface area contributed by atoms with Crippen LogP contribution in [0, 0.1) is 22.0 Å². The average molecular weight is 673 g/mol. The summed E-state index contributed by atoms with van der Waals surface area (Å²) in [7, 11) is -2.33. The minimum Gasteiger partial charge on any atom is -0.618 e. The lowest BCUT2D eigenvalue weighted by Crippen LogP contribution is -2.50. The molecule has 256 valence electrons. The van der Waals surface area contributed by atoms with Crippen LogP contribution in [0.15, 0.2) is 18.2 Å². The molecule has 1 aromatic heterocycles. The van der Waals surface area contributed by atoms with Gasteiger partial charge < -0.3 is 23.8 Å². The van der Waals surface area contributed by atoms with Gasteiger partial charge in [-0.25, -0.2) is 0 Å². The molecule has 2 aromatic rings. The van der Waals surface area contributed by atoms with Crippen molar-refractivity contribution in [2.45, 2.75) is 121 Å². The Labute approximate surface area is 277 Å². The maximum atomic E-state index is 15.0. The summed E-state index contributed by atoms with van der Waals surface area (Å²) in [6, 6.07) is 5.43. The normalized spacial score (nSPS) is 24.5. The number of nitriles is 1. The first-order valence-corrected chi connectivity index (χ1v) is 19.7. The van der Waals surface area contributed by atoms with E-state index in [0.717, 1.165) is 33.9 Å². The van der Waals surface area contributed by atoms with Crippen LogP contribution in [0.5, 0.6) is 0 Å². The molecular weight excluding hydrogens is 625 g/mol. The highest BCUT2D eigenvalue weighted by Gasteiger charge is 2.57. The van der Waals surface area contributed by atoms with Gasteiger partial charge in [-0.1, -0.05) is 40.7 Å². The highest BCUT2D eigenvalue weighted by molar-refractivity contribution is 6.74. The molecule has 4 aliphatic rings. The van der Waals surface area contributed by atoms with Gasteiger partial charge in [0.1, 0.15) is 6.10 Å². The minimum atomic E-state index is -4.68. The summed E-state index contributed by atoms with van der Waals surface area (Å²) >= 11 is 0. The molecule has 2 fully saturated rings. The first kappa shape index (κ1) is 34.4. The Hall–Kier alpha value is -2.49. The van der Waals surface area contributed by atoms with Gasteiger partial charge >= 0.3 is 6.18 Å². The molecule has 0 N–H and O–H groups in total. The smallest absolute Gasteiger partial charge is 0.417 e. The van der Waals surface area contributed by atoms with Crippen LogP contribution in [-0.4, -0.2) is 34.7 Å². The second kappa shape index (κ2) is 11.8. The third kappa shape index (κ3) is 6.03. The van der Waals surface area contributed by atoms with Gasteiger partial charge in [-0.15, -0.1) is 0 Å². The first-order valence-electron chi connectivity index (χ1n) is 16.8. The summed E-state index contributed by atoms with van der Waals surface area (Å²) in [5.41, 5.74) is 1.90. The van der Waals surface area contributed by atoms with Gasteiger partial charge in [-0.3, -0.25) is 0 Å². The SMILES string of the molecule is CC1(C)Cc2c(c3c(c(C4CCOCC4)[n+]2[O-])C(c2ccc(C(F)(F)F)c(C#N)c2)OC32CCOCC2)C(O[Si](C)(C)C(C)(C)C)C1. The maximum Gasteiger partial charge on any atom is 0.417 e. The Balaban J connectivity index is 1.67. The van der Waals surface area contributed by atoms with Crippen molar-refractivity contribution in [1.82, 2.24) is 0 Å². The van der Waals surface area contributed by atoms with E-state index in [9.17, 15) is 23.6 Å². The number of hydrogen-bond acceptors (Lipinski definition) is 6. The average Bonchev–Trinajstić information content (AvgIpc) is 3.29. The van der Waals surface area contributed by atoms with E-state index in [4.69, 9.17) is 18.6 Å². The molecule has 2 saturated heterocycles. The van der Waals surface area contributed by atoms with Crippen molar-refractivity contribution in [3.05, 3.63) is 68.2 Å². The number of alkyl halides is 3. The van der Waals surface area contributed by atoms with Crippen molar-refractivity contribution in [3.63, 3.8) is 0 Å². The van der Waals surface area contributed by atoms with Gasteiger partial charge in [0.25, 0.3) is 0 Å². The third-order valence-corrected chi connectivity index (χ3v) is 15.8. The van der Waals surface area contributed by atoms with Gasteiger partial charge in [0, 0.05) is 57.2 Å². The van der Waals surface area contributed by atoms with Crippen molar-refractivity contribution in [2.24, 2.45) is 5.41 Å². The summed E-state index contributed by atoms with van der Waals surface area (Å²) in [6.07, 6.45) is -2.16. The maximum absolute atomic E-state index is 15.0. The van der Waals surface area contributed by atoms with E-state index in [1.807, 2.05) is 0 Å². The number of fused-ring (bicyclic) bond motifs is 4. The molecule has 7 nitrogen and oxygen atoms in total. The highest BCUT2D eigenvalue weighted by atomic mass is 28.4. The summed E-state index contributed by atoms with van der Waals surface area (Å²) in [5.74, 6) is -0.115. The first-order chi connectivity index (χ1) is 21.9. The van der Waals surface area contributed by atoms with Gasteiger partial charge in [-0.05, 0) is 60.5 Å². The molecule has 2 unspecified atom stereocenters. The van der Waals surface area contributed by atoms with Crippen LogP contribution in [0.2, 0.25) is 18.1 Å². The lowest BCUT2D eigenvalue weighted by molar-refractivity contribution is -0.627. The van der Waals surface area contributed by atoms with E-state index < -0.39 is 37.3 Å². The van der Waals surface area contributed by atoms with Gasteiger partial charge in [-0.2, -0.15) is 23.2 Å². The predicted molar refractivity (Wildman–Crippen MR) is 172 cm³/mol. The fourth-order valence-corrected chi connectivity index (χ4v) is 9.15. The number of halogens is 3. The zero-order chi connectivity index (χ0) is 34.2. The van der Waals surface area contributed by atoms with Crippen LogP contribution in [0.1, 0.15) is 130 Å². The van der Waals surface area contributed by atoms with E-state index >= 15 is 0 Å². The second-order valence-electron chi connectivity index (χ2n) is 16.1. The van der Waals surface area contributed by atoms with Crippen LogP contribution in [0.25, 0.3) is 0 Å². The topological polar surface area (TPSA) is 87.7 Å². The molecule has 0 bridgehead atoms.